The highest BCUT2D eigenvalue weighted by molar-refractivity contribution is 5.89. The van der Waals surface area contributed by atoms with E-state index in [4.69, 9.17) is 0 Å². The fourth-order valence-corrected chi connectivity index (χ4v) is 3.51. The number of allylic oxidation sites excluding steroid dienone is 3. The van der Waals surface area contributed by atoms with Crippen molar-refractivity contribution in [1.29, 1.82) is 0 Å². The van der Waals surface area contributed by atoms with Crippen molar-refractivity contribution in [3.8, 4) is 0 Å². The van der Waals surface area contributed by atoms with Gasteiger partial charge in [0.2, 0.25) is 0 Å². The summed E-state index contributed by atoms with van der Waals surface area (Å²) in [6.45, 7) is 10.4. The van der Waals surface area contributed by atoms with Gasteiger partial charge < -0.3 is 29.7 Å². The molecule has 0 radical (unpaired) electrons. The van der Waals surface area contributed by atoms with Crippen LogP contribution in [0.3, 0.4) is 0 Å². The smallest absolute Gasteiger partial charge is 0.0526 e. The Labute approximate surface area is 140 Å². The topological polar surface area (TPSA) is 120 Å². The number of aliphatic carboxylic acids is 3. The van der Waals surface area contributed by atoms with Crippen LogP contribution in [-0.2, 0) is 14.4 Å². The third-order valence-electron chi connectivity index (χ3n) is 4.79. The van der Waals surface area contributed by atoms with Crippen LogP contribution in [0.15, 0.2) is 50.1 Å². The number of carboxylic acid groups (broad SMARTS) is 3. The Morgan fingerprint density at radius 3 is 1.75 bits per heavy atom. The average molecular weight is 331 g/mol. The van der Waals surface area contributed by atoms with E-state index >= 15 is 0 Å². The highest BCUT2D eigenvalue weighted by Gasteiger charge is 2.57. The van der Waals surface area contributed by atoms with Gasteiger partial charge in [-0.1, -0.05) is 30.4 Å². The van der Waals surface area contributed by atoms with Crippen LogP contribution >= 0.6 is 0 Å². The maximum absolute atomic E-state index is 12.0. The van der Waals surface area contributed by atoms with Crippen LogP contribution in [-0.4, -0.2) is 17.9 Å². The first kappa shape index (κ1) is 19.4. The van der Waals surface area contributed by atoms with Crippen molar-refractivity contribution in [2.75, 3.05) is 0 Å². The summed E-state index contributed by atoms with van der Waals surface area (Å²) in [5, 5.41) is 35.6. The van der Waals surface area contributed by atoms with Crippen molar-refractivity contribution in [3.05, 3.63) is 50.1 Å². The molecule has 0 aliphatic heterocycles. The van der Waals surface area contributed by atoms with E-state index in [0.29, 0.717) is 0 Å². The van der Waals surface area contributed by atoms with Gasteiger partial charge in [0.1, 0.15) is 0 Å². The summed E-state index contributed by atoms with van der Waals surface area (Å²) in [6.07, 6.45) is 4.78. The summed E-state index contributed by atoms with van der Waals surface area (Å²) >= 11 is 0. The van der Waals surface area contributed by atoms with E-state index in [0.717, 1.165) is 12.2 Å². The van der Waals surface area contributed by atoms with Gasteiger partial charge in [-0.2, -0.15) is 0 Å². The van der Waals surface area contributed by atoms with Crippen molar-refractivity contribution in [2.24, 2.45) is 16.2 Å². The lowest BCUT2D eigenvalue weighted by Crippen LogP contribution is -2.64. The standard InChI is InChI=1S/C18H22O6/c1-4-7-16(13(19)20)10-11-17(8-5-2,14(21)22)18(12-16,9-6-3)15(23)24/h4-6,10-11H,1-3,7-9,12H2,(H,19,20)(H,21,22)(H,23,24)/p-3. The van der Waals surface area contributed by atoms with Gasteiger partial charge in [-0.05, 0) is 25.7 Å². The molecule has 1 rings (SSSR count). The van der Waals surface area contributed by atoms with Gasteiger partial charge in [0.05, 0.1) is 11.9 Å². The highest BCUT2D eigenvalue weighted by Crippen LogP contribution is 2.57. The van der Waals surface area contributed by atoms with E-state index in [1.54, 1.807) is 0 Å². The van der Waals surface area contributed by atoms with Gasteiger partial charge in [-0.15, -0.1) is 19.7 Å². The average Bonchev–Trinajstić information content (AvgIpc) is 2.49. The monoisotopic (exact) mass is 331 g/mol. The fraction of sp³-hybridized carbons (Fsp3) is 0.389. The molecule has 1 aliphatic rings. The lowest BCUT2D eigenvalue weighted by atomic mass is 9.50. The normalized spacial score (nSPS) is 31.8. The predicted molar refractivity (Wildman–Crippen MR) is 80.5 cm³/mol. The number of carboxylic acids is 3. The molecule has 0 N–H and O–H groups in total. The fourth-order valence-electron chi connectivity index (χ4n) is 3.51. The van der Waals surface area contributed by atoms with Crippen molar-refractivity contribution in [3.63, 3.8) is 0 Å². The van der Waals surface area contributed by atoms with Gasteiger partial charge >= 0.3 is 0 Å². The molecule has 130 valence electrons. The first-order chi connectivity index (χ1) is 11.2. The number of hydrogen-bond acceptors (Lipinski definition) is 6. The van der Waals surface area contributed by atoms with Crippen LogP contribution in [0.2, 0.25) is 0 Å². The van der Waals surface area contributed by atoms with Crippen molar-refractivity contribution >= 4 is 17.9 Å². The second kappa shape index (κ2) is 6.86. The predicted octanol–water partition coefficient (Wildman–Crippen LogP) is -1.12. The minimum absolute atomic E-state index is 0.116. The molecule has 0 saturated heterocycles. The minimum atomic E-state index is -2.07. The van der Waals surface area contributed by atoms with Crippen LogP contribution in [0.1, 0.15) is 25.7 Å². The highest BCUT2D eigenvalue weighted by atomic mass is 16.4. The molecule has 0 aromatic carbocycles. The lowest BCUT2D eigenvalue weighted by molar-refractivity contribution is -0.346. The summed E-state index contributed by atoms with van der Waals surface area (Å²) in [6, 6.07) is 0. The Morgan fingerprint density at radius 1 is 0.833 bits per heavy atom. The maximum atomic E-state index is 12.0. The van der Waals surface area contributed by atoms with Gasteiger partial charge in [0, 0.05) is 22.2 Å². The molecule has 1 aliphatic carbocycles. The zero-order valence-corrected chi connectivity index (χ0v) is 13.3. The Balaban J connectivity index is 3.81. The van der Waals surface area contributed by atoms with Crippen molar-refractivity contribution in [2.45, 2.75) is 25.7 Å². The summed E-state index contributed by atoms with van der Waals surface area (Å²) in [4.78, 5) is 35.6. The molecular weight excluding hydrogens is 312 g/mol. The molecule has 3 atom stereocenters. The number of rotatable bonds is 9. The molecule has 3 unspecified atom stereocenters. The van der Waals surface area contributed by atoms with Crippen LogP contribution in [0.5, 0.6) is 0 Å². The summed E-state index contributed by atoms with van der Waals surface area (Å²) in [7, 11) is 0. The van der Waals surface area contributed by atoms with Crippen molar-refractivity contribution in [1.82, 2.24) is 0 Å². The molecule has 0 heterocycles. The maximum Gasteiger partial charge on any atom is 0.0526 e. The molecule has 0 aromatic heterocycles. The van der Waals surface area contributed by atoms with Crippen LogP contribution < -0.4 is 15.3 Å². The molecule has 0 amide bonds. The van der Waals surface area contributed by atoms with Gasteiger partial charge in [0.25, 0.3) is 0 Å². The molecule has 6 nitrogen and oxygen atoms in total. The third kappa shape index (κ3) is 2.68. The number of hydrogen-bond donors (Lipinski definition) is 0. The first-order valence-corrected chi connectivity index (χ1v) is 7.35. The zero-order valence-electron chi connectivity index (χ0n) is 13.3. The van der Waals surface area contributed by atoms with E-state index in [1.165, 1.54) is 18.2 Å². The molecule has 6 heteroatoms. The van der Waals surface area contributed by atoms with E-state index in [2.05, 4.69) is 19.7 Å². The molecule has 24 heavy (non-hydrogen) atoms. The Hall–Kier alpha value is -2.63. The second-order valence-corrected chi connectivity index (χ2v) is 6.06. The van der Waals surface area contributed by atoms with Crippen LogP contribution in [0.4, 0.5) is 0 Å². The van der Waals surface area contributed by atoms with E-state index in [9.17, 15) is 29.7 Å². The lowest BCUT2D eigenvalue weighted by Gasteiger charge is -2.57. The summed E-state index contributed by atoms with van der Waals surface area (Å²) < 4.78 is 0. The first-order valence-electron chi connectivity index (χ1n) is 7.35. The van der Waals surface area contributed by atoms with E-state index in [1.807, 2.05) is 0 Å². The van der Waals surface area contributed by atoms with Crippen LogP contribution in [0, 0.1) is 16.2 Å². The molecule has 0 aromatic rings. The number of carbonyl (C=O) groups excluding carboxylic acids is 3. The minimum Gasteiger partial charge on any atom is -0.549 e. The van der Waals surface area contributed by atoms with Crippen LogP contribution in [0.25, 0.3) is 0 Å². The third-order valence-corrected chi connectivity index (χ3v) is 4.79. The molecule has 0 spiro atoms. The van der Waals surface area contributed by atoms with Gasteiger partial charge in [-0.25, -0.2) is 0 Å². The summed E-state index contributed by atoms with van der Waals surface area (Å²) in [5.74, 6) is -4.85. The van der Waals surface area contributed by atoms with Gasteiger partial charge in [0.15, 0.2) is 0 Å². The molecule has 0 saturated carbocycles. The second-order valence-electron chi connectivity index (χ2n) is 6.06. The summed E-state index contributed by atoms with van der Waals surface area (Å²) in [5.41, 5.74) is -5.77. The quantitative estimate of drug-likeness (QED) is 0.494. The largest absolute Gasteiger partial charge is 0.549 e. The molecule has 0 fully saturated rings. The van der Waals surface area contributed by atoms with E-state index < -0.39 is 40.6 Å². The SMILES string of the molecule is C=CCC1(C(=O)[O-])C=CC(CC=C)(C(=O)[O-])C(CC=C)(C(=O)[O-])C1. The molecule has 0 bridgehead atoms. The van der Waals surface area contributed by atoms with Crippen molar-refractivity contribution < 1.29 is 29.7 Å². The molecular formula is C18H19O6-3. The Bertz CT molecular complexity index is 619. The zero-order chi connectivity index (χ0) is 18.6. The van der Waals surface area contributed by atoms with E-state index in [-0.39, 0.29) is 19.3 Å². The van der Waals surface area contributed by atoms with Gasteiger partial charge in [-0.3, -0.25) is 0 Å². The number of carbonyl (C=O) groups is 3. The Kier molecular flexibility index (Phi) is 5.55. The Morgan fingerprint density at radius 2 is 1.38 bits per heavy atom.